The molecule has 2 saturated heterocycles. The zero-order chi connectivity index (χ0) is 22.2. The molecule has 1 spiro atoms. The monoisotopic (exact) mass is 432 g/mol. The van der Waals surface area contributed by atoms with Crippen LogP contribution in [-0.2, 0) is 9.53 Å². The Kier molecular flexibility index (Phi) is 5.43. The molecule has 10 atom stereocenters. The van der Waals surface area contributed by atoms with Gasteiger partial charge >= 0.3 is 0 Å². The molecule has 4 heteroatoms. The van der Waals surface area contributed by atoms with Crippen molar-refractivity contribution in [2.75, 3.05) is 6.61 Å². The maximum Gasteiger partial charge on any atom is 0.194 e. The van der Waals surface area contributed by atoms with E-state index in [0.29, 0.717) is 30.3 Å². The van der Waals surface area contributed by atoms with Crippen LogP contribution in [0.4, 0.5) is 0 Å². The van der Waals surface area contributed by atoms with Gasteiger partial charge in [-0.15, -0.1) is 0 Å². The Morgan fingerprint density at radius 1 is 1.06 bits per heavy atom. The van der Waals surface area contributed by atoms with Gasteiger partial charge in [0.1, 0.15) is 11.7 Å². The highest BCUT2D eigenvalue weighted by molar-refractivity contribution is 5.94. The van der Waals surface area contributed by atoms with Crippen molar-refractivity contribution in [3.63, 3.8) is 0 Å². The van der Waals surface area contributed by atoms with Gasteiger partial charge in [0.15, 0.2) is 5.78 Å². The van der Waals surface area contributed by atoms with Gasteiger partial charge in [0, 0.05) is 11.8 Å². The largest absolute Gasteiger partial charge is 0.393 e. The Labute approximate surface area is 188 Å². The Morgan fingerprint density at radius 3 is 2.58 bits per heavy atom. The smallest absolute Gasteiger partial charge is 0.194 e. The summed E-state index contributed by atoms with van der Waals surface area (Å²) in [7, 11) is 0. The summed E-state index contributed by atoms with van der Waals surface area (Å²) >= 11 is 0. The van der Waals surface area contributed by atoms with E-state index in [9.17, 15) is 15.0 Å². The summed E-state index contributed by atoms with van der Waals surface area (Å²) < 4.78 is 6.27. The third-order valence-corrected chi connectivity index (χ3v) is 11.1. The van der Waals surface area contributed by atoms with Crippen LogP contribution < -0.4 is 0 Å². The molecule has 6 rings (SSSR count). The quantitative estimate of drug-likeness (QED) is 0.658. The van der Waals surface area contributed by atoms with Crippen LogP contribution in [0.2, 0.25) is 0 Å². The lowest BCUT2D eigenvalue weighted by Gasteiger charge is -2.68. The van der Waals surface area contributed by atoms with Crippen LogP contribution in [-0.4, -0.2) is 40.4 Å². The molecule has 0 aromatic rings. The minimum absolute atomic E-state index is 0.101. The average Bonchev–Trinajstić information content (AvgIpc) is 3.07. The standard InChI is InChI=1S/C27H44O4/c1-16(2)6-5-7-17(3)19-8-9-20-22-21(11-12-25(19,20)4)26-13-10-18(28)14-27(26,30)24(29)23(22)31-15-26/h16-23,28,30H,5-15H2,1-4H3/t17-,18+,19-,20+,21+,22+,23-,25-,26+,27+/m1/s1. The summed E-state index contributed by atoms with van der Waals surface area (Å²) in [6.07, 6.45) is 9.39. The molecule has 0 unspecified atom stereocenters. The van der Waals surface area contributed by atoms with Crippen LogP contribution in [0.3, 0.4) is 0 Å². The summed E-state index contributed by atoms with van der Waals surface area (Å²) in [5.74, 6) is 3.33. The van der Waals surface area contributed by atoms with Crippen molar-refractivity contribution in [3.05, 3.63) is 0 Å². The van der Waals surface area contributed by atoms with Crippen LogP contribution >= 0.6 is 0 Å². The Morgan fingerprint density at radius 2 is 1.84 bits per heavy atom. The van der Waals surface area contributed by atoms with E-state index < -0.39 is 23.2 Å². The highest BCUT2D eigenvalue weighted by atomic mass is 16.5. The average molecular weight is 433 g/mol. The third-order valence-electron chi connectivity index (χ3n) is 11.1. The van der Waals surface area contributed by atoms with Gasteiger partial charge in [0.25, 0.3) is 0 Å². The molecule has 6 aliphatic rings. The van der Waals surface area contributed by atoms with Crippen molar-refractivity contribution in [3.8, 4) is 0 Å². The number of ether oxygens (including phenoxy) is 1. The number of carbonyl (C=O) groups excluding carboxylic acids is 1. The lowest BCUT2D eigenvalue weighted by Crippen LogP contribution is -2.77. The number of ketones is 1. The zero-order valence-electron chi connectivity index (χ0n) is 20.1. The molecule has 2 bridgehead atoms. The van der Waals surface area contributed by atoms with E-state index in [1.807, 2.05) is 0 Å². The Balaban J connectivity index is 1.40. The molecule has 0 aromatic carbocycles. The molecule has 0 amide bonds. The molecule has 4 saturated carbocycles. The van der Waals surface area contributed by atoms with Gasteiger partial charge in [-0.3, -0.25) is 4.79 Å². The first-order chi connectivity index (χ1) is 14.6. The molecular weight excluding hydrogens is 388 g/mol. The van der Waals surface area contributed by atoms with Gasteiger partial charge < -0.3 is 14.9 Å². The van der Waals surface area contributed by atoms with E-state index in [2.05, 4.69) is 27.7 Å². The van der Waals surface area contributed by atoms with Crippen LogP contribution in [0.1, 0.15) is 91.9 Å². The lowest BCUT2D eigenvalue weighted by atomic mass is 9.40. The fourth-order valence-electron chi connectivity index (χ4n) is 9.54. The number of aliphatic hydroxyl groups excluding tert-OH is 1. The molecule has 2 heterocycles. The normalized spacial score (nSPS) is 52.0. The van der Waals surface area contributed by atoms with E-state index in [-0.39, 0.29) is 18.1 Å². The molecule has 176 valence electrons. The number of hydrogen-bond donors (Lipinski definition) is 2. The van der Waals surface area contributed by atoms with E-state index in [0.717, 1.165) is 30.6 Å². The highest BCUT2D eigenvalue weighted by Crippen LogP contribution is 2.70. The number of fused-ring (bicyclic) bond motifs is 2. The number of hydrogen-bond acceptors (Lipinski definition) is 4. The van der Waals surface area contributed by atoms with Crippen molar-refractivity contribution in [2.24, 2.45) is 46.3 Å². The van der Waals surface area contributed by atoms with Crippen LogP contribution in [0.15, 0.2) is 0 Å². The summed E-state index contributed by atoms with van der Waals surface area (Å²) in [5, 5.41) is 21.9. The summed E-state index contributed by atoms with van der Waals surface area (Å²) in [4.78, 5) is 13.6. The highest BCUT2D eigenvalue weighted by Gasteiger charge is 2.75. The fraction of sp³-hybridized carbons (Fsp3) is 0.963. The summed E-state index contributed by atoms with van der Waals surface area (Å²) in [5.41, 5.74) is -1.54. The van der Waals surface area contributed by atoms with Gasteiger partial charge in [-0.25, -0.2) is 0 Å². The Bertz CT molecular complexity index is 720. The SMILES string of the molecule is CC(C)CCC[C@@H](C)[C@H]1CC[C@H]2[C@@H]3[C@H]4OC[C@@]5(CC[C@H](O)C[C@]5(O)C4=O)[C@H]3CC[C@]12C. The maximum absolute atomic E-state index is 13.6. The molecule has 4 nitrogen and oxygen atoms in total. The van der Waals surface area contributed by atoms with Crippen molar-refractivity contribution in [2.45, 2.75) is 110 Å². The van der Waals surface area contributed by atoms with Gasteiger partial charge in [-0.05, 0) is 79.4 Å². The van der Waals surface area contributed by atoms with Crippen LogP contribution in [0.25, 0.3) is 0 Å². The fourth-order valence-corrected chi connectivity index (χ4v) is 9.54. The molecule has 0 radical (unpaired) electrons. The van der Waals surface area contributed by atoms with Crippen LogP contribution in [0, 0.1) is 46.3 Å². The topological polar surface area (TPSA) is 66.8 Å². The summed E-state index contributed by atoms with van der Waals surface area (Å²) in [6.45, 7) is 10.1. The minimum atomic E-state index is -1.37. The predicted octanol–water partition coefficient (Wildman–Crippen LogP) is 4.75. The number of rotatable bonds is 5. The second-order valence-electron chi connectivity index (χ2n) is 12.8. The first-order valence-electron chi connectivity index (χ1n) is 13.2. The minimum Gasteiger partial charge on any atom is -0.393 e. The van der Waals surface area contributed by atoms with Crippen molar-refractivity contribution in [1.29, 1.82) is 0 Å². The van der Waals surface area contributed by atoms with E-state index >= 15 is 0 Å². The molecule has 6 fully saturated rings. The van der Waals surface area contributed by atoms with Gasteiger partial charge in [-0.1, -0.05) is 47.0 Å². The predicted molar refractivity (Wildman–Crippen MR) is 120 cm³/mol. The third kappa shape index (κ3) is 2.99. The van der Waals surface area contributed by atoms with E-state index in [1.54, 1.807) is 0 Å². The van der Waals surface area contributed by atoms with Gasteiger partial charge in [0.05, 0.1) is 12.7 Å². The molecular formula is C27H44O4. The van der Waals surface area contributed by atoms with Gasteiger partial charge in [0.2, 0.25) is 0 Å². The van der Waals surface area contributed by atoms with E-state index in [1.165, 1.54) is 38.5 Å². The second kappa shape index (κ2) is 7.53. The zero-order valence-corrected chi connectivity index (χ0v) is 20.1. The maximum atomic E-state index is 13.6. The van der Waals surface area contributed by atoms with Crippen LogP contribution in [0.5, 0.6) is 0 Å². The first kappa shape index (κ1) is 22.3. The first-order valence-corrected chi connectivity index (χ1v) is 13.2. The Hall–Kier alpha value is -0.450. The molecule has 2 N–H and O–H groups in total. The van der Waals surface area contributed by atoms with Crippen molar-refractivity contribution in [1.82, 2.24) is 0 Å². The number of Topliss-reactive ketones (excluding diaryl/α,β-unsaturated/α-hetero) is 1. The van der Waals surface area contributed by atoms with Gasteiger partial charge in [-0.2, -0.15) is 0 Å². The molecule has 31 heavy (non-hydrogen) atoms. The lowest BCUT2D eigenvalue weighted by molar-refractivity contribution is -0.295. The van der Waals surface area contributed by atoms with Crippen molar-refractivity contribution < 1.29 is 19.7 Å². The molecule has 2 aliphatic heterocycles. The molecule has 4 aliphatic carbocycles. The second-order valence-corrected chi connectivity index (χ2v) is 12.8. The number of aliphatic hydroxyl groups is 2. The summed E-state index contributed by atoms with van der Waals surface area (Å²) in [6, 6.07) is 0. The number of carbonyl (C=O) groups is 1. The van der Waals surface area contributed by atoms with E-state index in [4.69, 9.17) is 4.74 Å². The van der Waals surface area contributed by atoms with Crippen molar-refractivity contribution >= 4 is 5.78 Å². The molecule has 0 aromatic heterocycles.